The molecule has 0 rings (SSSR count). The summed E-state index contributed by atoms with van der Waals surface area (Å²) < 4.78 is 0. The molecule has 11 heteroatoms. The van der Waals surface area contributed by atoms with Crippen LogP contribution in [0.5, 0.6) is 0 Å². The molecule has 0 saturated carbocycles. The van der Waals surface area contributed by atoms with Gasteiger partial charge in [0.2, 0.25) is 17.7 Å². The minimum Gasteiger partial charge on any atom is -0.481 e. The molecule has 0 spiro atoms. The van der Waals surface area contributed by atoms with E-state index in [2.05, 4.69) is 16.0 Å². The Hall–Kier alpha value is -2.98. The molecular weight excluding hydrogens is 518 g/mol. The number of nitrogens with one attached hydrogen (secondary N) is 3. The third kappa shape index (κ3) is 25.3. The summed E-state index contributed by atoms with van der Waals surface area (Å²) >= 11 is 0. The molecule has 40 heavy (non-hydrogen) atoms. The number of unbranched alkanes of at least 4 members (excludes halogenated alkanes) is 13. The zero-order chi connectivity index (χ0) is 29.8. The maximum Gasteiger partial charge on any atom is 0.326 e. The zero-order valence-corrected chi connectivity index (χ0v) is 24.1. The van der Waals surface area contributed by atoms with Crippen molar-refractivity contribution < 1.29 is 39.0 Å². The molecule has 0 aliphatic rings. The number of amides is 3. The number of carboxylic acid groups (broad SMARTS) is 2. The van der Waals surface area contributed by atoms with Gasteiger partial charge < -0.3 is 31.0 Å². The third-order valence-electron chi connectivity index (χ3n) is 6.62. The smallest absolute Gasteiger partial charge is 0.326 e. The van der Waals surface area contributed by atoms with Gasteiger partial charge in [0.1, 0.15) is 12.3 Å². The Bertz CT molecular complexity index is 745. The SMILES string of the molecule is O=CCNC(=O)CCCNC(=O)CC[C@H](NC(=O)CCCCCCCCCCCCCCCCC(=O)O)C(=O)O. The van der Waals surface area contributed by atoms with E-state index in [0.717, 1.165) is 38.5 Å². The van der Waals surface area contributed by atoms with Crippen molar-refractivity contribution in [1.82, 2.24) is 16.0 Å². The molecule has 1 atom stereocenters. The van der Waals surface area contributed by atoms with Crippen LogP contribution in [0.25, 0.3) is 0 Å². The molecule has 0 aliphatic heterocycles. The van der Waals surface area contributed by atoms with Crippen molar-refractivity contribution in [2.24, 2.45) is 0 Å². The lowest BCUT2D eigenvalue weighted by Crippen LogP contribution is -2.41. The first-order valence-corrected chi connectivity index (χ1v) is 15.0. The zero-order valence-electron chi connectivity index (χ0n) is 24.1. The van der Waals surface area contributed by atoms with Crippen LogP contribution in [0.3, 0.4) is 0 Å². The summed E-state index contributed by atoms with van der Waals surface area (Å²) in [6.07, 6.45) is 16.8. The number of hydrogen-bond donors (Lipinski definition) is 5. The number of carbonyl (C=O) groups excluding carboxylic acids is 4. The van der Waals surface area contributed by atoms with E-state index in [1.807, 2.05) is 0 Å². The fraction of sp³-hybridized carbons (Fsp3) is 0.793. The van der Waals surface area contributed by atoms with Crippen molar-refractivity contribution >= 4 is 35.9 Å². The fourth-order valence-corrected chi connectivity index (χ4v) is 4.29. The van der Waals surface area contributed by atoms with Crippen LogP contribution in [-0.2, 0) is 28.8 Å². The molecule has 0 aliphatic carbocycles. The molecule has 0 radical (unpaired) electrons. The molecule has 5 N–H and O–H groups in total. The number of rotatable bonds is 28. The molecule has 0 saturated heterocycles. The molecule has 0 aromatic carbocycles. The largest absolute Gasteiger partial charge is 0.481 e. The van der Waals surface area contributed by atoms with Crippen molar-refractivity contribution in [3.63, 3.8) is 0 Å². The van der Waals surface area contributed by atoms with Gasteiger partial charge in [-0.25, -0.2) is 4.79 Å². The first-order chi connectivity index (χ1) is 19.3. The average Bonchev–Trinajstić information content (AvgIpc) is 2.91. The summed E-state index contributed by atoms with van der Waals surface area (Å²) in [6, 6.07) is -1.12. The van der Waals surface area contributed by atoms with Gasteiger partial charge in [-0.2, -0.15) is 0 Å². The summed E-state index contributed by atoms with van der Waals surface area (Å²) in [4.78, 5) is 67.6. The van der Waals surface area contributed by atoms with Crippen LogP contribution in [0.1, 0.15) is 128 Å². The van der Waals surface area contributed by atoms with E-state index < -0.39 is 18.0 Å². The molecule has 0 unspecified atom stereocenters. The number of aliphatic carboxylic acids is 2. The van der Waals surface area contributed by atoms with E-state index in [4.69, 9.17) is 5.11 Å². The van der Waals surface area contributed by atoms with Gasteiger partial charge in [-0.05, 0) is 25.7 Å². The summed E-state index contributed by atoms with van der Waals surface area (Å²) in [5, 5.41) is 25.5. The summed E-state index contributed by atoms with van der Waals surface area (Å²) in [7, 11) is 0. The van der Waals surface area contributed by atoms with Crippen molar-refractivity contribution in [2.45, 2.75) is 134 Å². The maximum atomic E-state index is 12.2. The Labute approximate surface area is 238 Å². The second kappa shape index (κ2) is 26.3. The van der Waals surface area contributed by atoms with Crippen molar-refractivity contribution in [3.8, 4) is 0 Å². The van der Waals surface area contributed by atoms with Gasteiger partial charge in [-0.3, -0.25) is 19.2 Å². The summed E-state index contributed by atoms with van der Waals surface area (Å²) in [5.41, 5.74) is 0. The standard InChI is InChI=1S/C29H51N3O8/c33-23-22-31-25(34)17-15-21-30-26(35)20-19-24(29(39)40)32-27(36)16-13-11-9-7-5-3-1-2-4-6-8-10-12-14-18-28(37)38/h23-24H,1-22H2,(H,30,35)(H,31,34)(H,32,36)(H,37,38)(H,39,40)/t24-/m0/s1. The average molecular weight is 570 g/mol. The van der Waals surface area contributed by atoms with E-state index >= 15 is 0 Å². The van der Waals surface area contributed by atoms with E-state index in [1.165, 1.54) is 44.9 Å². The first kappa shape index (κ1) is 37.0. The minimum absolute atomic E-state index is 0.0144. The summed E-state index contributed by atoms with van der Waals surface area (Å²) in [6.45, 7) is 0.215. The Morgan fingerprint density at radius 1 is 0.550 bits per heavy atom. The lowest BCUT2D eigenvalue weighted by molar-refractivity contribution is -0.142. The molecule has 0 aromatic rings. The van der Waals surface area contributed by atoms with E-state index in [0.29, 0.717) is 19.1 Å². The lowest BCUT2D eigenvalue weighted by Gasteiger charge is -2.14. The molecular formula is C29H51N3O8. The molecule has 230 valence electrons. The molecule has 11 nitrogen and oxygen atoms in total. The highest BCUT2D eigenvalue weighted by atomic mass is 16.4. The Balaban J connectivity index is 3.70. The molecule has 0 heterocycles. The van der Waals surface area contributed by atoms with Gasteiger partial charge in [0.25, 0.3) is 0 Å². The van der Waals surface area contributed by atoms with Crippen LogP contribution >= 0.6 is 0 Å². The molecule has 3 amide bonds. The predicted molar refractivity (Wildman–Crippen MR) is 152 cm³/mol. The number of hydrogen-bond acceptors (Lipinski definition) is 6. The second-order valence-corrected chi connectivity index (χ2v) is 10.3. The summed E-state index contributed by atoms with van der Waals surface area (Å²) in [5.74, 6) is -2.84. The second-order valence-electron chi connectivity index (χ2n) is 10.3. The van der Waals surface area contributed by atoms with Crippen LogP contribution in [0.15, 0.2) is 0 Å². The van der Waals surface area contributed by atoms with E-state index in [-0.39, 0.29) is 62.9 Å². The van der Waals surface area contributed by atoms with Gasteiger partial charge in [0, 0.05) is 32.2 Å². The number of aldehydes is 1. The molecule has 0 bridgehead atoms. The third-order valence-corrected chi connectivity index (χ3v) is 6.62. The highest BCUT2D eigenvalue weighted by molar-refractivity contribution is 5.84. The molecule has 0 aromatic heterocycles. The maximum absolute atomic E-state index is 12.2. The van der Waals surface area contributed by atoms with Crippen LogP contribution in [0.2, 0.25) is 0 Å². The number of carbonyl (C=O) groups is 6. The monoisotopic (exact) mass is 569 g/mol. The normalized spacial score (nSPS) is 11.4. The lowest BCUT2D eigenvalue weighted by atomic mass is 10.0. The van der Waals surface area contributed by atoms with Gasteiger partial charge in [0.15, 0.2) is 0 Å². The number of carboxylic acids is 2. The van der Waals surface area contributed by atoms with Crippen molar-refractivity contribution in [1.29, 1.82) is 0 Å². The van der Waals surface area contributed by atoms with Gasteiger partial charge in [-0.1, -0.05) is 77.0 Å². The highest BCUT2D eigenvalue weighted by Crippen LogP contribution is 2.14. The van der Waals surface area contributed by atoms with Crippen LogP contribution < -0.4 is 16.0 Å². The van der Waals surface area contributed by atoms with Crippen LogP contribution in [0.4, 0.5) is 0 Å². The van der Waals surface area contributed by atoms with Crippen molar-refractivity contribution in [2.75, 3.05) is 13.1 Å². The van der Waals surface area contributed by atoms with Gasteiger partial charge in [-0.15, -0.1) is 0 Å². The fourth-order valence-electron chi connectivity index (χ4n) is 4.29. The highest BCUT2D eigenvalue weighted by Gasteiger charge is 2.20. The van der Waals surface area contributed by atoms with E-state index in [9.17, 15) is 33.9 Å². The minimum atomic E-state index is -1.18. The Morgan fingerprint density at radius 3 is 1.48 bits per heavy atom. The van der Waals surface area contributed by atoms with Crippen LogP contribution in [0, 0.1) is 0 Å². The predicted octanol–water partition coefficient (Wildman–Crippen LogP) is 3.87. The Morgan fingerprint density at radius 2 is 1.00 bits per heavy atom. The van der Waals surface area contributed by atoms with E-state index in [1.54, 1.807) is 0 Å². The Kier molecular flexibility index (Phi) is 24.3. The van der Waals surface area contributed by atoms with Crippen molar-refractivity contribution in [3.05, 3.63) is 0 Å². The quantitative estimate of drug-likeness (QED) is 0.0696. The van der Waals surface area contributed by atoms with Crippen LogP contribution in [-0.4, -0.2) is 65.3 Å². The first-order valence-electron chi connectivity index (χ1n) is 15.0. The van der Waals surface area contributed by atoms with Gasteiger partial charge >= 0.3 is 11.9 Å². The van der Waals surface area contributed by atoms with Gasteiger partial charge in [0.05, 0.1) is 6.54 Å². The molecule has 0 fully saturated rings. The topological polar surface area (TPSA) is 179 Å².